The van der Waals surface area contributed by atoms with Crippen molar-refractivity contribution >= 4 is 0 Å². The van der Waals surface area contributed by atoms with Crippen LogP contribution in [0.3, 0.4) is 0 Å². The summed E-state index contributed by atoms with van der Waals surface area (Å²) in [7, 11) is 0. The summed E-state index contributed by atoms with van der Waals surface area (Å²) in [5, 5.41) is 9.63. The summed E-state index contributed by atoms with van der Waals surface area (Å²) in [6.45, 7) is 10.5. The minimum Gasteiger partial charge on any atom is -0.391 e. The second-order valence-electron chi connectivity index (χ2n) is 4.53. The van der Waals surface area contributed by atoms with E-state index in [1.807, 2.05) is 0 Å². The molecule has 0 bridgehead atoms. The normalized spacial score (nSPS) is 31.6. The van der Waals surface area contributed by atoms with Crippen molar-refractivity contribution in [2.75, 3.05) is 13.1 Å². The first-order valence-corrected chi connectivity index (χ1v) is 4.35. The molecular formula is C9H19NO. The van der Waals surface area contributed by atoms with Gasteiger partial charge in [-0.15, -0.1) is 0 Å². The number of hydrogen-bond acceptors (Lipinski definition) is 2. The first-order valence-electron chi connectivity index (χ1n) is 4.35. The van der Waals surface area contributed by atoms with E-state index < -0.39 is 0 Å². The molecule has 0 radical (unpaired) electrons. The van der Waals surface area contributed by atoms with Crippen LogP contribution in [0.4, 0.5) is 0 Å². The molecule has 1 saturated heterocycles. The smallest absolute Gasteiger partial charge is 0.0730 e. The Morgan fingerprint density at radius 1 is 1.45 bits per heavy atom. The second kappa shape index (κ2) is 2.76. The summed E-state index contributed by atoms with van der Waals surface area (Å²) < 4.78 is 0. The highest BCUT2D eigenvalue weighted by Crippen LogP contribution is 2.30. The van der Waals surface area contributed by atoms with Gasteiger partial charge in [0.15, 0.2) is 0 Å². The Labute approximate surface area is 69.2 Å². The molecule has 0 aromatic rings. The number of β-amino-alcohol motifs (C(OH)–C–C–N with tert-alkyl or cyclic N) is 1. The zero-order chi connectivity index (χ0) is 8.65. The topological polar surface area (TPSA) is 23.5 Å². The first-order chi connectivity index (χ1) is 4.93. The summed E-state index contributed by atoms with van der Waals surface area (Å²) >= 11 is 0. The van der Waals surface area contributed by atoms with Crippen LogP contribution in [0.25, 0.3) is 0 Å². The lowest BCUT2D eigenvalue weighted by molar-refractivity contribution is 0.0952. The Bertz CT molecular complexity index is 142. The standard InChI is InChI=1S/C9H19NO/c1-7(2)10-5-8(11)9(3,4)6-10/h7-8,11H,5-6H2,1-4H3. The maximum absolute atomic E-state index is 9.63. The van der Waals surface area contributed by atoms with Crippen molar-refractivity contribution in [2.45, 2.75) is 39.8 Å². The summed E-state index contributed by atoms with van der Waals surface area (Å²) in [5.41, 5.74) is 0.0876. The van der Waals surface area contributed by atoms with Crippen molar-refractivity contribution < 1.29 is 5.11 Å². The average molecular weight is 157 g/mol. The Balaban J connectivity index is 2.57. The monoisotopic (exact) mass is 157 g/mol. The average Bonchev–Trinajstić information content (AvgIpc) is 2.08. The van der Waals surface area contributed by atoms with Gasteiger partial charge in [0, 0.05) is 24.5 Å². The van der Waals surface area contributed by atoms with E-state index in [-0.39, 0.29) is 11.5 Å². The number of hydrogen-bond donors (Lipinski definition) is 1. The maximum Gasteiger partial charge on any atom is 0.0730 e. The third-order valence-electron chi connectivity index (χ3n) is 2.65. The maximum atomic E-state index is 9.63. The molecule has 0 spiro atoms. The number of likely N-dealkylation sites (tertiary alicyclic amines) is 1. The van der Waals surface area contributed by atoms with E-state index in [1.54, 1.807) is 0 Å². The third-order valence-corrected chi connectivity index (χ3v) is 2.65. The molecule has 1 aliphatic rings. The number of aliphatic hydroxyl groups excluding tert-OH is 1. The van der Waals surface area contributed by atoms with Crippen LogP contribution in [0, 0.1) is 5.41 Å². The fraction of sp³-hybridized carbons (Fsp3) is 1.00. The predicted octanol–water partition coefficient (Wildman–Crippen LogP) is 1.10. The van der Waals surface area contributed by atoms with Gasteiger partial charge in [-0.3, -0.25) is 4.90 Å². The van der Waals surface area contributed by atoms with Gasteiger partial charge in [-0.25, -0.2) is 0 Å². The van der Waals surface area contributed by atoms with Gasteiger partial charge in [0.1, 0.15) is 0 Å². The molecule has 11 heavy (non-hydrogen) atoms. The molecule has 0 aromatic carbocycles. The van der Waals surface area contributed by atoms with Gasteiger partial charge in [-0.1, -0.05) is 13.8 Å². The van der Waals surface area contributed by atoms with Crippen LogP contribution >= 0.6 is 0 Å². The van der Waals surface area contributed by atoms with E-state index in [9.17, 15) is 5.11 Å². The highest BCUT2D eigenvalue weighted by molar-refractivity contribution is 4.91. The lowest BCUT2D eigenvalue weighted by Gasteiger charge is -2.22. The van der Waals surface area contributed by atoms with E-state index >= 15 is 0 Å². The summed E-state index contributed by atoms with van der Waals surface area (Å²) in [6.07, 6.45) is -0.148. The molecule has 0 saturated carbocycles. The van der Waals surface area contributed by atoms with Crippen LogP contribution in [0.15, 0.2) is 0 Å². The fourth-order valence-corrected chi connectivity index (χ4v) is 1.56. The van der Waals surface area contributed by atoms with E-state index in [2.05, 4.69) is 32.6 Å². The molecule has 1 heterocycles. The Kier molecular flexibility index (Phi) is 2.26. The molecule has 2 heteroatoms. The van der Waals surface area contributed by atoms with Crippen molar-refractivity contribution in [3.05, 3.63) is 0 Å². The molecule has 66 valence electrons. The molecule has 0 amide bonds. The molecule has 0 aliphatic carbocycles. The van der Waals surface area contributed by atoms with Crippen molar-refractivity contribution in [3.63, 3.8) is 0 Å². The molecule has 1 atom stereocenters. The summed E-state index contributed by atoms with van der Waals surface area (Å²) in [4.78, 5) is 2.32. The molecule has 2 nitrogen and oxygen atoms in total. The van der Waals surface area contributed by atoms with Gasteiger partial charge >= 0.3 is 0 Å². The van der Waals surface area contributed by atoms with Crippen molar-refractivity contribution in [1.29, 1.82) is 0 Å². The van der Waals surface area contributed by atoms with E-state index in [0.29, 0.717) is 6.04 Å². The molecule has 1 fully saturated rings. The van der Waals surface area contributed by atoms with Crippen LogP contribution in [-0.2, 0) is 0 Å². The SMILES string of the molecule is CC(C)N1CC(O)C(C)(C)C1. The number of aliphatic hydroxyl groups is 1. The van der Waals surface area contributed by atoms with Gasteiger partial charge in [-0.2, -0.15) is 0 Å². The zero-order valence-corrected chi connectivity index (χ0v) is 7.96. The summed E-state index contributed by atoms with van der Waals surface area (Å²) in [5.74, 6) is 0. The van der Waals surface area contributed by atoms with Crippen LogP contribution < -0.4 is 0 Å². The van der Waals surface area contributed by atoms with Crippen LogP contribution in [0.1, 0.15) is 27.7 Å². The minimum atomic E-state index is -0.148. The van der Waals surface area contributed by atoms with Crippen LogP contribution in [0.5, 0.6) is 0 Å². The Hall–Kier alpha value is -0.0800. The van der Waals surface area contributed by atoms with Crippen molar-refractivity contribution in [1.82, 2.24) is 4.90 Å². The van der Waals surface area contributed by atoms with Crippen molar-refractivity contribution in [3.8, 4) is 0 Å². The predicted molar refractivity (Wildman–Crippen MR) is 46.5 cm³/mol. The third kappa shape index (κ3) is 1.74. The first kappa shape index (κ1) is 9.01. The quantitative estimate of drug-likeness (QED) is 0.616. The van der Waals surface area contributed by atoms with E-state index in [1.165, 1.54) is 0 Å². The van der Waals surface area contributed by atoms with Gasteiger partial charge in [0.2, 0.25) is 0 Å². The van der Waals surface area contributed by atoms with Crippen LogP contribution in [0.2, 0.25) is 0 Å². The largest absolute Gasteiger partial charge is 0.391 e. The lowest BCUT2D eigenvalue weighted by atomic mass is 9.90. The van der Waals surface area contributed by atoms with Gasteiger partial charge in [0.25, 0.3) is 0 Å². The van der Waals surface area contributed by atoms with Gasteiger partial charge in [-0.05, 0) is 13.8 Å². The van der Waals surface area contributed by atoms with Gasteiger partial charge < -0.3 is 5.11 Å². The minimum absolute atomic E-state index is 0.0876. The lowest BCUT2D eigenvalue weighted by Crippen LogP contribution is -2.29. The number of rotatable bonds is 1. The van der Waals surface area contributed by atoms with Crippen LogP contribution in [-0.4, -0.2) is 35.2 Å². The summed E-state index contributed by atoms with van der Waals surface area (Å²) in [6, 6.07) is 0.562. The number of nitrogens with zero attached hydrogens (tertiary/aromatic N) is 1. The van der Waals surface area contributed by atoms with E-state index in [4.69, 9.17) is 0 Å². The Morgan fingerprint density at radius 3 is 2.18 bits per heavy atom. The van der Waals surface area contributed by atoms with Crippen molar-refractivity contribution in [2.24, 2.45) is 5.41 Å². The Morgan fingerprint density at radius 2 is 2.00 bits per heavy atom. The molecule has 1 unspecified atom stereocenters. The highest BCUT2D eigenvalue weighted by Gasteiger charge is 2.38. The van der Waals surface area contributed by atoms with E-state index in [0.717, 1.165) is 13.1 Å². The fourth-order valence-electron chi connectivity index (χ4n) is 1.56. The molecule has 1 rings (SSSR count). The molecular weight excluding hydrogens is 138 g/mol. The zero-order valence-electron chi connectivity index (χ0n) is 7.96. The highest BCUT2D eigenvalue weighted by atomic mass is 16.3. The second-order valence-corrected chi connectivity index (χ2v) is 4.53. The van der Waals surface area contributed by atoms with Gasteiger partial charge in [0.05, 0.1) is 6.10 Å². The molecule has 1 N–H and O–H groups in total. The molecule has 0 aromatic heterocycles. The molecule has 1 aliphatic heterocycles.